The minimum absolute atomic E-state index is 0.0796. The molecule has 0 spiro atoms. The quantitative estimate of drug-likeness (QED) is 0.452. The van der Waals surface area contributed by atoms with Gasteiger partial charge >= 0.3 is 0 Å². The molecule has 1 aliphatic carbocycles. The van der Waals surface area contributed by atoms with Gasteiger partial charge < -0.3 is 5.32 Å². The first-order chi connectivity index (χ1) is 12.7. The number of carbonyl (C=O) groups excluding carboxylic acids is 1. The predicted molar refractivity (Wildman–Crippen MR) is 115 cm³/mol. The third-order valence-corrected chi connectivity index (χ3v) is 6.48. The fourth-order valence-corrected chi connectivity index (χ4v) is 5.03. The van der Waals surface area contributed by atoms with Crippen LogP contribution in [0.4, 0.5) is 5.69 Å². The third kappa shape index (κ3) is 2.41. The summed E-state index contributed by atoms with van der Waals surface area (Å²) < 4.78 is 1.23. The van der Waals surface area contributed by atoms with Crippen molar-refractivity contribution in [3.8, 4) is 0 Å². The third-order valence-electron chi connectivity index (χ3n) is 5.49. The van der Waals surface area contributed by atoms with E-state index in [1.807, 2.05) is 0 Å². The summed E-state index contributed by atoms with van der Waals surface area (Å²) in [7, 11) is 0. The molecule has 0 bridgehead atoms. The highest BCUT2D eigenvalue weighted by Crippen LogP contribution is 2.48. The van der Waals surface area contributed by atoms with E-state index in [4.69, 9.17) is 0 Å². The van der Waals surface area contributed by atoms with Crippen LogP contribution in [0.3, 0.4) is 0 Å². The molecule has 1 N–H and O–H groups in total. The number of halogens is 1. The van der Waals surface area contributed by atoms with E-state index in [2.05, 4.69) is 88.6 Å². The topological polar surface area (TPSA) is 29.1 Å². The standard InChI is InChI=1S/C23H18INO/c24-18-10-4-3-8-16(18)23-17-9-5-11-20(26)22(17)21-15-7-2-1-6-14(15)12-13-19(21)25-23/h1-4,6-8,10,12-13,23,25H,5,9,11H2/t23-/m1/s1. The molecule has 0 saturated carbocycles. The van der Waals surface area contributed by atoms with Crippen molar-refractivity contribution in [2.24, 2.45) is 0 Å². The molecule has 2 aliphatic rings. The fourth-order valence-electron chi connectivity index (χ4n) is 4.34. The summed E-state index contributed by atoms with van der Waals surface area (Å²) in [5.41, 5.74) is 5.65. The average Bonchev–Trinajstić information content (AvgIpc) is 2.67. The van der Waals surface area contributed by atoms with E-state index < -0.39 is 0 Å². The molecular weight excluding hydrogens is 433 g/mol. The maximum absolute atomic E-state index is 13.0. The lowest BCUT2D eigenvalue weighted by atomic mass is 9.77. The van der Waals surface area contributed by atoms with Gasteiger partial charge in [0.05, 0.1) is 6.04 Å². The Morgan fingerprint density at radius 2 is 1.73 bits per heavy atom. The highest BCUT2D eigenvalue weighted by Gasteiger charge is 2.34. The molecule has 0 radical (unpaired) electrons. The van der Waals surface area contributed by atoms with Crippen LogP contribution in [0.15, 0.2) is 66.2 Å². The Labute approximate surface area is 166 Å². The highest BCUT2D eigenvalue weighted by atomic mass is 127. The Hall–Kier alpha value is -2.14. The molecule has 0 saturated heterocycles. The van der Waals surface area contributed by atoms with Gasteiger partial charge in [0.2, 0.25) is 0 Å². The lowest BCUT2D eigenvalue weighted by molar-refractivity contribution is -0.114. The van der Waals surface area contributed by atoms with E-state index in [0.29, 0.717) is 12.2 Å². The summed E-state index contributed by atoms with van der Waals surface area (Å²) in [4.78, 5) is 13.0. The zero-order chi connectivity index (χ0) is 17.7. The number of benzene rings is 3. The lowest BCUT2D eigenvalue weighted by Crippen LogP contribution is -2.26. The SMILES string of the molecule is O=C1CCCC2=C1c1c(ccc3ccccc13)N[C@@H]2c1ccccc1I. The summed E-state index contributed by atoms with van der Waals surface area (Å²) in [5, 5.41) is 6.11. The number of hydrogen-bond acceptors (Lipinski definition) is 2. The first-order valence-corrected chi connectivity index (χ1v) is 10.1. The Kier molecular flexibility index (Phi) is 3.85. The molecule has 1 heterocycles. The second-order valence-electron chi connectivity index (χ2n) is 6.99. The summed E-state index contributed by atoms with van der Waals surface area (Å²) >= 11 is 2.40. The molecule has 0 fully saturated rings. The fraction of sp³-hybridized carbons (Fsp3) is 0.174. The van der Waals surface area contributed by atoms with Gasteiger partial charge in [0, 0.05) is 26.8 Å². The number of anilines is 1. The van der Waals surface area contributed by atoms with Gasteiger partial charge in [-0.1, -0.05) is 48.5 Å². The van der Waals surface area contributed by atoms with Crippen molar-refractivity contribution >= 4 is 50.4 Å². The van der Waals surface area contributed by atoms with E-state index in [0.717, 1.165) is 29.7 Å². The maximum Gasteiger partial charge on any atom is 0.163 e. The Bertz CT molecular complexity index is 1080. The van der Waals surface area contributed by atoms with Crippen LogP contribution in [0.5, 0.6) is 0 Å². The largest absolute Gasteiger partial charge is 0.374 e. The smallest absolute Gasteiger partial charge is 0.163 e. The van der Waals surface area contributed by atoms with Crippen molar-refractivity contribution in [1.29, 1.82) is 0 Å². The Morgan fingerprint density at radius 1 is 0.923 bits per heavy atom. The number of carbonyl (C=O) groups is 1. The van der Waals surface area contributed by atoms with Gasteiger partial charge in [-0.3, -0.25) is 4.79 Å². The molecule has 3 heteroatoms. The lowest BCUT2D eigenvalue weighted by Gasteiger charge is -2.35. The zero-order valence-electron chi connectivity index (χ0n) is 14.3. The maximum atomic E-state index is 13.0. The van der Waals surface area contributed by atoms with Crippen molar-refractivity contribution in [3.05, 3.63) is 80.9 Å². The summed E-state index contributed by atoms with van der Waals surface area (Å²) in [6, 6.07) is 21.2. The molecule has 0 unspecified atom stereocenters. The van der Waals surface area contributed by atoms with Crippen LogP contribution in [0, 0.1) is 3.57 Å². The number of nitrogens with one attached hydrogen (secondary N) is 1. The average molecular weight is 451 g/mol. The van der Waals surface area contributed by atoms with Crippen LogP contribution in [0.25, 0.3) is 16.3 Å². The van der Waals surface area contributed by atoms with Crippen molar-refractivity contribution < 1.29 is 4.79 Å². The molecule has 128 valence electrons. The van der Waals surface area contributed by atoms with Crippen molar-refractivity contribution in [2.45, 2.75) is 25.3 Å². The van der Waals surface area contributed by atoms with Gasteiger partial charge in [0.15, 0.2) is 5.78 Å². The number of allylic oxidation sites excluding steroid dienone is 1. The number of hydrogen-bond donors (Lipinski definition) is 1. The number of rotatable bonds is 1. The molecule has 26 heavy (non-hydrogen) atoms. The predicted octanol–water partition coefficient (Wildman–Crippen LogP) is 6.12. The highest BCUT2D eigenvalue weighted by molar-refractivity contribution is 14.1. The summed E-state index contributed by atoms with van der Waals surface area (Å²) in [5.74, 6) is 0.293. The zero-order valence-corrected chi connectivity index (χ0v) is 16.4. The molecule has 3 aromatic carbocycles. The molecule has 5 rings (SSSR count). The van der Waals surface area contributed by atoms with Gasteiger partial charge in [-0.05, 0) is 69.5 Å². The molecule has 0 aromatic heterocycles. The van der Waals surface area contributed by atoms with E-state index in [1.54, 1.807) is 0 Å². The van der Waals surface area contributed by atoms with E-state index in [9.17, 15) is 4.79 Å². The van der Waals surface area contributed by atoms with Crippen LogP contribution in [0.2, 0.25) is 0 Å². The van der Waals surface area contributed by atoms with Gasteiger partial charge in [0.25, 0.3) is 0 Å². The van der Waals surface area contributed by atoms with E-state index >= 15 is 0 Å². The number of ketones is 1. The van der Waals surface area contributed by atoms with Crippen LogP contribution in [0.1, 0.15) is 36.4 Å². The van der Waals surface area contributed by atoms with Crippen LogP contribution in [-0.2, 0) is 4.79 Å². The van der Waals surface area contributed by atoms with E-state index in [-0.39, 0.29) is 6.04 Å². The van der Waals surface area contributed by atoms with Crippen LogP contribution < -0.4 is 5.32 Å². The van der Waals surface area contributed by atoms with E-state index in [1.165, 1.54) is 25.5 Å². The number of fused-ring (bicyclic) bond motifs is 4. The van der Waals surface area contributed by atoms with Gasteiger partial charge in [0.1, 0.15) is 0 Å². The van der Waals surface area contributed by atoms with Crippen LogP contribution >= 0.6 is 22.6 Å². The first-order valence-electron chi connectivity index (χ1n) is 9.03. The molecule has 1 aliphatic heterocycles. The molecular formula is C23H18INO. The minimum atomic E-state index is 0.0796. The molecule has 3 aromatic rings. The van der Waals surface area contributed by atoms with Gasteiger partial charge in [-0.15, -0.1) is 0 Å². The summed E-state index contributed by atoms with van der Waals surface area (Å²) in [6.45, 7) is 0. The second kappa shape index (κ2) is 6.23. The molecule has 0 amide bonds. The van der Waals surface area contributed by atoms with Crippen molar-refractivity contribution in [2.75, 3.05) is 5.32 Å². The summed E-state index contributed by atoms with van der Waals surface area (Å²) in [6.07, 6.45) is 2.58. The van der Waals surface area contributed by atoms with Crippen molar-refractivity contribution in [3.63, 3.8) is 0 Å². The monoisotopic (exact) mass is 451 g/mol. The first kappa shape index (κ1) is 16.1. The normalized spacial score (nSPS) is 19.1. The van der Waals surface area contributed by atoms with Crippen LogP contribution in [-0.4, -0.2) is 5.78 Å². The minimum Gasteiger partial charge on any atom is -0.374 e. The second-order valence-corrected chi connectivity index (χ2v) is 8.15. The molecule has 1 atom stereocenters. The van der Waals surface area contributed by atoms with Gasteiger partial charge in [-0.25, -0.2) is 0 Å². The molecule has 2 nitrogen and oxygen atoms in total. The Morgan fingerprint density at radius 3 is 2.62 bits per heavy atom. The van der Waals surface area contributed by atoms with Gasteiger partial charge in [-0.2, -0.15) is 0 Å². The Balaban J connectivity index is 1.81. The number of Topliss-reactive ketones (excluding diaryl/α,β-unsaturated/α-hetero) is 1. The van der Waals surface area contributed by atoms with Crippen molar-refractivity contribution in [1.82, 2.24) is 0 Å².